The first-order valence-corrected chi connectivity index (χ1v) is 7.00. The Hall–Kier alpha value is -1.36. The van der Waals surface area contributed by atoms with Crippen molar-refractivity contribution in [2.24, 2.45) is 0 Å². The van der Waals surface area contributed by atoms with Gasteiger partial charge >= 0.3 is 6.03 Å². The van der Waals surface area contributed by atoms with Gasteiger partial charge in [-0.2, -0.15) is 11.8 Å². The molecule has 0 aliphatic carbocycles. The molecule has 0 aromatic heterocycles. The first kappa shape index (κ1) is 13.1. The van der Waals surface area contributed by atoms with Gasteiger partial charge in [0.15, 0.2) is 0 Å². The molecule has 2 rings (SSSR count). The van der Waals surface area contributed by atoms with Gasteiger partial charge in [0.25, 0.3) is 0 Å². The number of nitrogen functional groups attached to an aromatic ring is 1. The van der Waals surface area contributed by atoms with Crippen molar-refractivity contribution in [3.63, 3.8) is 0 Å². The number of hydrogen-bond donors (Lipinski definition) is 2. The fraction of sp³-hybridized carbons (Fsp3) is 0.462. The van der Waals surface area contributed by atoms with Crippen molar-refractivity contribution in [1.29, 1.82) is 0 Å². The maximum atomic E-state index is 12.1. The van der Waals surface area contributed by atoms with Crippen LogP contribution in [0.2, 0.25) is 0 Å². The van der Waals surface area contributed by atoms with Gasteiger partial charge in [0.2, 0.25) is 0 Å². The number of hydrogen-bond acceptors (Lipinski definition) is 3. The lowest BCUT2D eigenvalue weighted by molar-refractivity contribution is 0.208. The molecule has 1 aromatic carbocycles. The summed E-state index contributed by atoms with van der Waals surface area (Å²) >= 11 is 1.91. The molecule has 3 N–H and O–H groups in total. The number of nitrogens with zero attached hydrogens (tertiary/aromatic N) is 1. The predicted octanol–water partition coefficient (Wildman–Crippen LogP) is 2.63. The molecule has 1 fully saturated rings. The summed E-state index contributed by atoms with van der Waals surface area (Å²) in [6.07, 6.45) is 0. The molecule has 2 amide bonds. The van der Waals surface area contributed by atoms with Crippen LogP contribution >= 0.6 is 11.8 Å². The molecule has 1 saturated heterocycles. The van der Waals surface area contributed by atoms with Gasteiger partial charge in [0, 0.05) is 35.0 Å². The second kappa shape index (κ2) is 5.10. The molecule has 18 heavy (non-hydrogen) atoms. The third-order valence-electron chi connectivity index (χ3n) is 2.87. The van der Waals surface area contributed by atoms with Crippen molar-refractivity contribution < 1.29 is 4.79 Å². The maximum absolute atomic E-state index is 12.1. The molecule has 1 aliphatic rings. The van der Waals surface area contributed by atoms with Crippen LogP contribution in [0.1, 0.15) is 13.8 Å². The van der Waals surface area contributed by atoms with Crippen LogP contribution < -0.4 is 11.1 Å². The minimum Gasteiger partial charge on any atom is -0.399 e. The van der Waals surface area contributed by atoms with Gasteiger partial charge in [0.05, 0.1) is 0 Å². The Bertz CT molecular complexity index is 430. The van der Waals surface area contributed by atoms with E-state index >= 15 is 0 Å². The molecule has 0 bridgehead atoms. The summed E-state index contributed by atoms with van der Waals surface area (Å²) in [7, 11) is 0. The second-order valence-corrected chi connectivity index (χ2v) is 6.88. The molecular weight excluding hydrogens is 246 g/mol. The lowest BCUT2D eigenvalue weighted by atomic mass is 10.2. The molecule has 4 nitrogen and oxygen atoms in total. The number of nitrogens with two attached hydrogens (primary N) is 1. The van der Waals surface area contributed by atoms with E-state index < -0.39 is 0 Å². The van der Waals surface area contributed by atoms with Crippen molar-refractivity contribution >= 4 is 29.2 Å². The summed E-state index contributed by atoms with van der Waals surface area (Å²) in [5.41, 5.74) is 7.09. The zero-order chi connectivity index (χ0) is 13.2. The Labute approximate surface area is 112 Å². The van der Waals surface area contributed by atoms with E-state index in [1.807, 2.05) is 28.8 Å². The highest BCUT2D eigenvalue weighted by Gasteiger charge is 2.29. The predicted molar refractivity (Wildman–Crippen MR) is 78.0 cm³/mol. The third kappa shape index (κ3) is 3.32. The number of thioether (sulfide) groups is 1. The van der Waals surface area contributed by atoms with E-state index in [0.717, 1.165) is 24.5 Å². The average molecular weight is 265 g/mol. The number of carbonyl (C=O) groups is 1. The van der Waals surface area contributed by atoms with Crippen LogP contribution in [0.4, 0.5) is 16.2 Å². The Kier molecular flexibility index (Phi) is 3.71. The molecule has 0 saturated carbocycles. The van der Waals surface area contributed by atoms with E-state index in [1.54, 1.807) is 12.1 Å². The van der Waals surface area contributed by atoms with E-state index in [2.05, 4.69) is 19.2 Å². The lowest BCUT2D eigenvalue weighted by Gasteiger charge is -2.37. The van der Waals surface area contributed by atoms with Crippen LogP contribution in [0.5, 0.6) is 0 Å². The van der Waals surface area contributed by atoms with Crippen LogP contribution in [0.25, 0.3) is 0 Å². The van der Waals surface area contributed by atoms with E-state index in [1.165, 1.54) is 0 Å². The summed E-state index contributed by atoms with van der Waals surface area (Å²) < 4.78 is 0.136. The van der Waals surface area contributed by atoms with Crippen molar-refractivity contribution in [3.05, 3.63) is 24.3 Å². The average Bonchev–Trinajstić information content (AvgIpc) is 2.31. The fourth-order valence-electron chi connectivity index (χ4n) is 1.96. The van der Waals surface area contributed by atoms with Crippen LogP contribution in [0.15, 0.2) is 24.3 Å². The Morgan fingerprint density at radius 1 is 1.39 bits per heavy atom. The first-order valence-electron chi connectivity index (χ1n) is 6.02. The molecule has 98 valence electrons. The normalized spacial score (nSPS) is 18.4. The molecule has 1 aromatic rings. The Balaban J connectivity index is 1.97. The van der Waals surface area contributed by atoms with Crippen molar-refractivity contribution in [1.82, 2.24) is 4.90 Å². The molecule has 0 radical (unpaired) electrons. The Morgan fingerprint density at radius 2 is 2.06 bits per heavy atom. The number of anilines is 2. The first-order chi connectivity index (χ1) is 8.46. The summed E-state index contributed by atoms with van der Waals surface area (Å²) in [6, 6.07) is 7.17. The third-order valence-corrected chi connectivity index (χ3v) is 4.17. The van der Waals surface area contributed by atoms with E-state index in [0.29, 0.717) is 5.69 Å². The van der Waals surface area contributed by atoms with Gasteiger partial charge in [-0.1, -0.05) is 0 Å². The number of urea groups is 1. The van der Waals surface area contributed by atoms with Crippen LogP contribution in [-0.4, -0.2) is 34.5 Å². The largest absolute Gasteiger partial charge is 0.399 e. The van der Waals surface area contributed by atoms with Gasteiger partial charge in [-0.05, 0) is 38.1 Å². The summed E-state index contributed by atoms with van der Waals surface area (Å²) in [5.74, 6) is 0.988. The minimum atomic E-state index is -0.0341. The highest BCUT2D eigenvalue weighted by Crippen LogP contribution is 2.29. The number of rotatable bonds is 1. The zero-order valence-electron chi connectivity index (χ0n) is 10.8. The molecule has 0 spiro atoms. The van der Waals surface area contributed by atoms with Crippen molar-refractivity contribution in [2.75, 3.05) is 29.9 Å². The number of benzene rings is 1. The number of amides is 2. The highest BCUT2D eigenvalue weighted by atomic mass is 32.2. The quantitative estimate of drug-likeness (QED) is 0.767. The number of carbonyl (C=O) groups excluding carboxylic acids is 1. The molecular formula is C13H19N3OS. The topological polar surface area (TPSA) is 58.4 Å². The van der Waals surface area contributed by atoms with Crippen molar-refractivity contribution in [3.8, 4) is 0 Å². The standard InChI is InChI=1S/C13H19N3OS/c1-13(2)9-16(7-8-18-13)12(17)15-11-5-3-10(14)4-6-11/h3-6H,7-9,14H2,1-2H3,(H,15,17). The maximum Gasteiger partial charge on any atom is 0.321 e. The van der Waals surface area contributed by atoms with Crippen molar-refractivity contribution in [2.45, 2.75) is 18.6 Å². The molecule has 5 heteroatoms. The van der Waals surface area contributed by atoms with Gasteiger partial charge in [-0.3, -0.25) is 0 Å². The fourth-order valence-corrected chi connectivity index (χ4v) is 3.07. The highest BCUT2D eigenvalue weighted by molar-refractivity contribution is 8.00. The van der Waals surface area contributed by atoms with E-state index in [-0.39, 0.29) is 10.8 Å². The molecule has 1 aliphatic heterocycles. The SMILES string of the molecule is CC1(C)CN(C(=O)Nc2ccc(N)cc2)CCS1. The molecule has 0 unspecified atom stereocenters. The van der Waals surface area contributed by atoms with E-state index in [4.69, 9.17) is 5.73 Å². The monoisotopic (exact) mass is 265 g/mol. The van der Waals surface area contributed by atoms with Gasteiger partial charge in [-0.15, -0.1) is 0 Å². The second-order valence-electron chi connectivity index (χ2n) is 5.08. The molecule has 0 atom stereocenters. The van der Waals surface area contributed by atoms with Gasteiger partial charge in [-0.25, -0.2) is 4.79 Å². The Morgan fingerprint density at radius 3 is 2.67 bits per heavy atom. The number of nitrogens with one attached hydrogen (secondary N) is 1. The molecule has 1 heterocycles. The van der Waals surface area contributed by atoms with Gasteiger partial charge in [0.1, 0.15) is 0 Å². The van der Waals surface area contributed by atoms with Gasteiger partial charge < -0.3 is 16.0 Å². The zero-order valence-corrected chi connectivity index (χ0v) is 11.6. The smallest absolute Gasteiger partial charge is 0.321 e. The van der Waals surface area contributed by atoms with Crippen LogP contribution in [-0.2, 0) is 0 Å². The van der Waals surface area contributed by atoms with Crippen LogP contribution in [0.3, 0.4) is 0 Å². The summed E-state index contributed by atoms with van der Waals surface area (Å²) in [5, 5.41) is 2.90. The van der Waals surface area contributed by atoms with E-state index in [9.17, 15) is 4.79 Å². The van der Waals surface area contributed by atoms with Crippen LogP contribution in [0, 0.1) is 0 Å². The lowest BCUT2D eigenvalue weighted by Crippen LogP contribution is -2.47. The summed E-state index contributed by atoms with van der Waals surface area (Å²) in [4.78, 5) is 14.0. The minimum absolute atomic E-state index is 0.0341. The summed E-state index contributed by atoms with van der Waals surface area (Å²) in [6.45, 7) is 5.91.